The third-order valence-electron chi connectivity index (χ3n) is 4.31. The number of fused-ring (bicyclic) bond motifs is 1. The number of nitrogens with zero attached hydrogens (tertiary/aromatic N) is 1. The minimum Gasteiger partial charge on any atom is -0.397 e. The van der Waals surface area contributed by atoms with Gasteiger partial charge in [-0.3, -0.25) is 4.90 Å². The normalized spacial score (nSPS) is 27.2. The second-order valence-electron chi connectivity index (χ2n) is 5.66. The Balaban J connectivity index is 1.56. The summed E-state index contributed by atoms with van der Waals surface area (Å²) in [6.07, 6.45) is 2.89. The third kappa shape index (κ3) is 2.69. The van der Waals surface area contributed by atoms with E-state index in [0.29, 0.717) is 6.04 Å². The average molecular weight is 261 g/mol. The van der Waals surface area contributed by atoms with E-state index in [1.54, 1.807) is 0 Å². The monoisotopic (exact) mass is 261 g/mol. The number of nitrogen functional groups attached to an aromatic ring is 1. The van der Waals surface area contributed by atoms with Gasteiger partial charge in [-0.15, -0.1) is 0 Å². The van der Waals surface area contributed by atoms with E-state index in [0.717, 1.165) is 36.6 Å². The summed E-state index contributed by atoms with van der Waals surface area (Å²) in [5, 5.41) is 3.43. The number of benzene rings is 1. The number of nitrogens with two attached hydrogens (primary N) is 1. The summed E-state index contributed by atoms with van der Waals surface area (Å²) in [7, 11) is 0. The molecule has 2 heterocycles. The average Bonchev–Trinajstić information content (AvgIpc) is 2.88. The van der Waals surface area contributed by atoms with Crippen LogP contribution in [0, 0.1) is 6.92 Å². The zero-order chi connectivity index (χ0) is 13.2. The molecule has 0 aliphatic carbocycles. The van der Waals surface area contributed by atoms with Crippen molar-refractivity contribution in [3.63, 3.8) is 0 Å². The molecule has 2 aliphatic rings. The fraction of sp³-hybridized carbons (Fsp3) is 0.600. The molecule has 0 saturated carbocycles. The number of hydrogen-bond acceptors (Lipinski definition) is 4. The lowest BCUT2D eigenvalue weighted by Gasteiger charge is -2.35. The van der Waals surface area contributed by atoms with Crippen LogP contribution in [-0.4, -0.2) is 43.3 Å². The molecule has 0 bridgehead atoms. The molecule has 0 spiro atoms. The summed E-state index contributed by atoms with van der Waals surface area (Å²) in [5.74, 6) is 0. The van der Waals surface area contributed by atoms with Gasteiger partial charge in [0.2, 0.25) is 0 Å². The maximum atomic E-state index is 6.07. The van der Waals surface area contributed by atoms with Crippen molar-refractivity contribution in [2.45, 2.75) is 31.9 Å². The largest absolute Gasteiger partial charge is 0.397 e. The standard InChI is InChI=1S/C15H23N3O/c1-11-4-2-6-14(15(11)16)17-8-13-9-18-7-3-5-12(18)10-19-13/h2,4,6,12-13,17H,3,5,7-10,16H2,1H3. The molecule has 4 nitrogen and oxygen atoms in total. The summed E-state index contributed by atoms with van der Waals surface area (Å²) < 4.78 is 5.94. The Morgan fingerprint density at radius 1 is 1.47 bits per heavy atom. The minimum atomic E-state index is 0.272. The molecule has 2 fully saturated rings. The van der Waals surface area contributed by atoms with Gasteiger partial charge in [0.25, 0.3) is 0 Å². The van der Waals surface area contributed by atoms with Gasteiger partial charge in [0, 0.05) is 19.1 Å². The highest BCUT2D eigenvalue weighted by atomic mass is 16.5. The number of rotatable bonds is 3. The van der Waals surface area contributed by atoms with Crippen molar-refractivity contribution in [1.82, 2.24) is 4.90 Å². The van der Waals surface area contributed by atoms with E-state index in [2.05, 4.69) is 10.2 Å². The van der Waals surface area contributed by atoms with E-state index in [-0.39, 0.29) is 6.10 Å². The summed E-state index contributed by atoms with van der Waals surface area (Å²) in [4.78, 5) is 2.56. The van der Waals surface area contributed by atoms with Crippen molar-refractivity contribution in [3.8, 4) is 0 Å². The Bertz CT molecular complexity index is 449. The molecule has 1 aromatic carbocycles. The second-order valence-corrected chi connectivity index (χ2v) is 5.66. The number of morpholine rings is 1. The van der Waals surface area contributed by atoms with Gasteiger partial charge in [-0.2, -0.15) is 0 Å². The van der Waals surface area contributed by atoms with Gasteiger partial charge >= 0.3 is 0 Å². The Kier molecular flexibility index (Phi) is 3.62. The molecule has 2 saturated heterocycles. The number of anilines is 2. The minimum absolute atomic E-state index is 0.272. The predicted octanol–water partition coefficient (Wildman–Crippen LogP) is 1.85. The SMILES string of the molecule is Cc1cccc(NCC2CN3CCCC3CO2)c1N. The Labute approximate surface area is 114 Å². The maximum absolute atomic E-state index is 6.07. The Morgan fingerprint density at radius 3 is 3.26 bits per heavy atom. The van der Waals surface area contributed by atoms with Crippen molar-refractivity contribution in [2.75, 3.05) is 37.3 Å². The lowest BCUT2D eigenvalue weighted by atomic mass is 10.1. The molecule has 104 valence electrons. The van der Waals surface area contributed by atoms with Gasteiger partial charge in [0.05, 0.1) is 24.1 Å². The molecule has 2 atom stereocenters. The highest BCUT2D eigenvalue weighted by molar-refractivity contribution is 5.69. The molecule has 3 rings (SSSR count). The van der Waals surface area contributed by atoms with Crippen LogP contribution in [0.1, 0.15) is 18.4 Å². The lowest BCUT2D eigenvalue weighted by molar-refractivity contribution is -0.0415. The van der Waals surface area contributed by atoms with Crippen LogP contribution >= 0.6 is 0 Å². The van der Waals surface area contributed by atoms with Gasteiger partial charge < -0.3 is 15.8 Å². The van der Waals surface area contributed by atoms with Crippen LogP contribution in [0.3, 0.4) is 0 Å². The van der Waals surface area contributed by atoms with Crippen LogP contribution in [0.2, 0.25) is 0 Å². The molecular formula is C15H23N3O. The van der Waals surface area contributed by atoms with Crippen LogP contribution in [0.15, 0.2) is 18.2 Å². The maximum Gasteiger partial charge on any atom is 0.0874 e. The number of aryl methyl sites for hydroxylation is 1. The predicted molar refractivity (Wildman–Crippen MR) is 78.4 cm³/mol. The van der Waals surface area contributed by atoms with Crippen molar-refractivity contribution in [2.24, 2.45) is 0 Å². The van der Waals surface area contributed by atoms with Gasteiger partial charge in [-0.25, -0.2) is 0 Å². The van der Waals surface area contributed by atoms with Crippen molar-refractivity contribution >= 4 is 11.4 Å². The number of nitrogens with one attached hydrogen (secondary N) is 1. The topological polar surface area (TPSA) is 50.5 Å². The molecule has 2 aliphatic heterocycles. The van der Waals surface area contributed by atoms with E-state index in [9.17, 15) is 0 Å². The first kappa shape index (κ1) is 12.8. The molecule has 2 unspecified atom stereocenters. The summed E-state index contributed by atoms with van der Waals surface area (Å²) in [6.45, 7) is 6.03. The quantitative estimate of drug-likeness (QED) is 0.815. The highest BCUT2D eigenvalue weighted by Crippen LogP contribution is 2.24. The van der Waals surface area contributed by atoms with E-state index >= 15 is 0 Å². The van der Waals surface area contributed by atoms with Crippen molar-refractivity contribution < 1.29 is 4.74 Å². The number of hydrogen-bond donors (Lipinski definition) is 2. The van der Waals surface area contributed by atoms with Crippen LogP contribution in [0.5, 0.6) is 0 Å². The summed E-state index contributed by atoms with van der Waals surface area (Å²) in [6, 6.07) is 6.77. The molecule has 0 aromatic heterocycles. The first-order valence-corrected chi connectivity index (χ1v) is 7.18. The van der Waals surface area contributed by atoms with E-state index in [1.165, 1.54) is 19.4 Å². The molecule has 0 amide bonds. The number of ether oxygens (including phenoxy) is 1. The van der Waals surface area contributed by atoms with Crippen molar-refractivity contribution in [3.05, 3.63) is 23.8 Å². The number of para-hydroxylation sites is 1. The van der Waals surface area contributed by atoms with Gasteiger partial charge in [-0.05, 0) is 37.9 Å². The highest BCUT2D eigenvalue weighted by Gasteiger charge is 2.31. The summed E-state index contributed by atoms with van der Waals surface area (Å²) >= 11 is 0. The molecule has 0 radical (unpaired) electrons. The van der Waals surface area contributed by atoms with E-state index in [1.807, 2.05) is 25.1 Å². The third-order valence-corrected chi connectivity index (χ3v) is 4.31. The first-order chi connectivity index (χ1) is 9.24. The second kappa shape index (κ2) is 5.39. The van der Waals surface area contributed by atoms with Crippen LogP contribution in [-0.2, 0) is 4.74 Å². The first-order valence-electron chi connectivity index (χ1n) is 7.18. The van der Waals surface area contributed by atoms with Gasteiger partial charge in [0.1, 0.15) is 0 Å². The lowest BCUT2D eigenvalue weighted by Crippen LogP contribution is -2.48. The van der Waals surface area contributed by atoms with Crippen LogP contribution in [0.4, 0.5) is 11.4 Å². The van der Waals surface area contributed by atoms with Gasteiger partial charge in [0.15, 0.2) is 0 Å². The van der Waals surface area contributed by atoms with Crippen molar-refractivity contribution in [1.29, 1.82) is 0 Å². The zero-order valence-electron chi connectivity index (χ0n) is 11.6. The molecule has 3 N–H and O–H groups in total. The molecule has 1 aromatic rings. The molecule has 4 heteroatoms. The van der Waals surface area contributed by atoms with E-state index in [4.69, 9.17) is 10.5 Å². The molecule has 19 heavy (non-hydrogen) atoms. The fourth-order valence-corrected chi connectivity index (χ4v) is 3.07. The fourth-order valence-electron chi connectivity index (χ4n) is 3.07. The van der Waals surface area contributed by atoms with Crippen LogP contribution in [0.25, 0.3) is 0 Å². The van der Waals surface area contributed by atoms with Gasteiger partial charge in [-0.1, -0.05) is 12.1 Å². The zero-order valence-corrected chi connectivity index (χ0v) is 11.6. The van der Waals surface area contributed by atoms with Crippen LogP contribution < -0.4 is 11.1 Å². The smallest absolute Gasteiger partial charge is 0.0874 e. The Hall–Kier alpha value is -1.26. The summed E-state index contributed by atoms with van der Waals surface area (Å²) in [5.41, 5.74) is 9.05. The molecular weight excluding hydrogens is 238 g/mol. The van der Waals surface area contributed by atoms with E-state index < -0.39 is 0 Å². The Morgan fingerprint density at radius 2 is 2.37 bits per heavy atom.